The van der Waals surface area contributed by atoms with Gasteiger partial charge in [0.25, 0.3) is 0 Å². The predicted octanol–water partition coefficient (Wildman–Crippen LogP) is 4.77. The zero-order chi connectivity index (χ0) is 14.8. The maximum atomic E-state index is 14.8. The lowest BCUT2D eigenvalue weighted by atomic mass is 9.88. The first-order valence-corrected chi connectivity index (χ1v) is 8.45. The van der Waals surface area contributed by atoms with Crippen LogP contribution in [0, 0.1) is 18.7 Å². The zero-order valence-electron chi connectivity index (χ0n) is 13.5. The Hall–Kier alpha value is -0.0600. The van der Waals surface area contributed by atoms with E-state index in [0.29, 0.717) is 16.5 Å². The topological polar surface area (TPSA) is 15.3 Å². The van der Waals surface area contributed by atoms with Gasteiger partial charge in [-0.15, -0.1) is 24.8 Å². The van der Waals surface area contributed by atoms with E-state index in [4.69, 9.17) is 11.6 Å². The van der Waals surface area contributed by atoms with Crippen molar-refractivity contribution < 1.29 is 4.39 Å². The highest BCUT2D eigenvalue weighted by Crippen LogP contribution is 2.43. The third-order valence-electron chi connectivity index (χ3n) is 5.01. The molecule has 1 atom stereocenters. The molecule has 0 radical (unpaired) electrons. The summed E-state index contributed by atoms with van der Waals surface area (Å²) in [6.07, 6.45) is 4.91. The second-order valence-electron chi connectivity index (χ2n) is 6.37. The van der Waals surface area contributed by atoms with Crippen LogP contribution in [-0.4, -0.2) is 31.1 Å². The summed E-state index contributed by atoms with van der Waals surface area (Å²) in [5, 5.41) is 3.98. The van der Waals surface area contributed by atoms with E-state index in [0.717, 1.165) is 31.7 Å². The van der Waals surface area contributed by atoms with Gasteiger partial charge in [0.1, 0.15) is 5.82 Å². The van der Waals surface area contributed by atoms with Gasteiger partial charge in [-0.05, 0) is 37.3 Å². The molecule has 1 aliphatic carbocycles. The molecule has 132 valence electrons. The Kier molecular flexibility index (Phi) is 8.60. The summed E-state index contributed by atoms with van der Waals surface area (Å²) in [5.41, 5.74) is 1.44. The third kappa shape index (κ3) is 4.52. The number of rotatable bonds is 3. The Balaban J connectivity index is 0.00000132. The molecule has 0 amide bonds. The monoisotopic (exact) mass is 382 g/mol. The van der Waals surface area contributed by atoms with Gasteiger partial charge >= 0.3 is 0 Å². The first-order valence-electron chi connectivity index (χ1n) is 8.07. The van der Waals surface area contributed by atoms with Crippen LogP contribution in [0.15, 0.2) is 12.1 Å². The molecule has 6 heteroatoms. The first kappa shape index (κ1) is 21.0. The third-order valence-corrected chi connectivity index (χ3v) is 5.34. The van der Waals surface area contributed by atoms with Crippen LogP contribution in [0.2, 0.25) is 5.02 Å². The number of hydrogen-bond donors (Lipinski definition) is 1. The van der Waals surface area contributed by atoms with Crippen LogP contribution in [-0.2, 0) is 0 Å². The normalized spacial score (nSPS) is 20.7. The van der Waals surface area contributed by atoms with Gasteiger partial charge in [0.05, 0.1) is 0 Å². The molecule has 2 fully saturated rings. The van der Waals surface area contributed by atoms with Gasteiger partial charge in [-0.3, -0.25) is 4.90 Å². The minimum absolute atomic E-state index is 0. The predicted molar refractivity (Wildman–Crippen MR) is 99.8 cm³/mol. The highest BCUT2D eigenvalue weighted by Gasteiger charge is 2.35. The second-order valence-corrected chi connectivity index (χ2v) is 6.77. The Morgan fingerprint density at radius 2 is 1.78 bits per heavy atom. The van der Waals surface area contributed by atoms with Gasteiger partial charge in [0, 0.05) is 42.8 Å². The van der Waals surface area contributed by atoms with Crippen molar-refractivity contribution in [3.05, 3.63) is 34.1 Å². The molecule has 2 aliphatic rings. The van der Waals surface area contributed by atoms with Crippen molar-refractivity contribution in [3.63, 3.8) is 0 Å². The van der Waals surface area contributed by atoms with Crippen LogP contribution in [0.5, 0.6) is 0 Å². The summed E-state index contributed by atoms with van der Waals surface area (Å²) in [7, 11) is 0. The highest BCUT2D eigenvalue weighted by molar-refractivity contribution is 6.31. The SMILES string of the molecule is Cc1ccc(Cl)c([C@H](C2CCCC2)N2CCNCC2)c1F.Cl.Cl. The van der Waals surface area contributed by atoms with Crippen molar-refractivity contribution in [2.24, 2.45) is 5.92 Å². The van der Waals surface area contributed by atoms with Crippen LogP contribution in [0.4, 0.5) is 4.39 Å². The van der Waals surface area contributed by atoms with Crippen LogP contribution in [0.1, 0.15) is 42.9 Å². The molecular formula is C17H26Cl3FN2. The lowest BCUT2D eigenvalue weighted by molar-refractivity contribution is 0.122. The van der Waals surface area contributed by atoms with E-state index in [1.54, 1.807) is 6.07 Å². The molecule has 0 bridgehead atoms. The molecular weight excluding hydrogens is 358 g/mol. The molecule has 1 N–H and O–H groups in total. The molecule has 23 heavy (non-hydrogen) atoms. The molecule has 1 aromatic carbocycles. The lowest BCUT2D eigenvalue weighted by Crippen LogP contribution is -2.47. The van der Waals surface area contributed by atoms with E-state index in [9.17, 15) is 4.39 Å². The largest absolute Gasteiger partial charge is 0.314 e. The van der Waals surface area contributed by atoms with Crippen LogP contribution in [0.25, 0.3) is 0 Å². The Morgan fingerprint density at radius 1 is 1.17 bits per heavy atom. The summed E-state index contributed by atoms with van der Waals surface area (Å²) >= 11 is 6.41. The van der Waals surface area contributed by atoms with E-state index < -0.39 is 0 Å². The van der Waals surface area contributed by atoms with E-state index in [-0.39, 0.29) is 36.7 Å². The van der Waals surface area contributed by atoms with Crippen molar-refractivity contribution in [2.75, 3.05) is 26.2 Å². The van der Waals surface area contributed by atoms with E-state index in [1.165, 1.54) is 25.7 Å². The number of piperazine rings is 1. The molecule has 1 heterocycles. The number of nitrogens with one attached hydrogen (secondary N) is 1. The number of hydrogen-bond acceptors (Lipinski definition) is 2. The molecule has 1 aliphatic heterocycles. The number of halogens is 4. The van der Waals surface area contributed by atoms with Gasteiger partial charge in [-0.1, -0.05) is 30.5 Å². The molecule has 1 saturated heterocycles. The van der Waals surface area contributed by atoms with Gasteiger partial charge < -0.3 is 5.32 Å². The fourth-order valence-corrected chi connectivity index (χ4v) is 4.16. The smallest absolute Gasteiger partial charge is 0.132 e. The fraction of sp³-hybridized carbons (Fsp3) is 0.647. The Labute approximate surface area is 156 Å². The summed E-state index contributed by atoms with van der Waals surface area (Å²) in [5.74, 6) is 0.440. The highest BCUT2D eigenvalue weighted by atomic mass is 35.5. The van der Waals surface area contributed by atoms with Gasteiger partial charge in [0.2, 0.25) is 0 Å². The molecule has 1 saturated carbocycles. The standard InChI is InChI=1S/C17H24ClFN2.2ClH/c1-12-6-7-14(18)15(16(12)19)17(13-4-2-3-5-13)21-10-8-20-9-11-21;;/h6-7,13,17,20H,2-5,8-11H2,1H3;2*1H/t17-;;/m0../s1. The molecule has 3 rings (SSSR count). The van der Waals surface area contributed by atoms with Gasteiger partial charge in [-0.25, -0.2) is 4.39 Å². The van der Waals surface area contributed by atoms with Crippen molar-refractivity contribution in [1.29, 1.82) is 0 Å². The summed E-state index contributed by atoms with van der Waals surface area (Å²) in [6.45, 7) is 5.75. The second kappa shape index (κ2) is 9.43. The fourth-order valence-electron chi connectivity index (χ4n) is 3.90. The number of nitrogens with zero attached hydrogens (tertiary/aromatic N) is 1. The minimum atomic E-state index is -0.0991. The average molecular weight is 384 g/mol. The quantitative estimate of drug-likeness (QED) is 0.809. The van der Waals surface area contributed by atoms with Crippen LogP contribution < -0.4 is 5.32 Å². The first-order chi connectivity index (χ1) is 10.2. The average Bonchev–Trinajstić information content (AvgIpc) is 3.02. The Bertz CT molecular complexity index is 501. The molecule has 1 aromatic rings. The van der Waals surface area contributed by atoms with Gasteiger partial charge in [-0.2, -0.15) is 0 Å². The van der Waals surface area contributed by atoms with Crippen LogP contribution >= 0.6 is 36.4 Å². The lowest BCUT2D eigenvalue weighted by Gasteiger charge is -2.39. The zero-order valence-corrected chi connectivity index (χ0v) is 15.9. The van der Waals surface area contributed by atoms with E-state index in [2.05, 4.69) is 10.2 Å². The van der Waals surface area contributed by atoms with E-state index >= 15 is 0 Å². The van der Waals surface area contributed by atoms with Crippen LogP contribution in [0.3, 0.4) is 0 Å². The number of benzene rings is 1. The Morgan fingerprint density at radius 3 is 2.39 bits per heavy atom. The van der Waals surface area contributed by atoms with Crippen molar-refractivity contribution in [3.8, 4) is 0 Å². The van der Waals surface area contributed by atoms with Crippen molar-refractivity contribution >= 4 is 36.4 Å². The maximum Gasteiger partial charge on any atom is 0.132 e. The molecule has 2 nitrogen and oxygen atoms in total. The number of aryl methyl sites for hydroxylation is 1. The maximum absolute atomic E-state index is 14.8. The summed E-state index contributed by atoms with van der Waals surface area (Å²) in [4.78, 5) is 2.44. The minimum Gasteiger partial charge on any atom is -0.314 e. The molecule has 0 unspecified atom stereocenters. The molecule has 0 aromatic heterocycles. The van der Waals surface area contributed by atoms with Crippen molar-refractivity contribution in [1.82, 2.24) is 10.2 Å². The van der Waals surface area contributed by atoms with E-state index in [1.807, 2.05) is 13.0 Å². The van der Waals surface area contributed by atoms with Crippen molar-refractivity contribution in [2.45, 2.75) is 38.6 Å². The summed E-state index contributed by atoms with van der Waals surface area (Å²) in [6, 6.07) is 3.78. The molecule has 0 spiro atoms. The van der Waals surface area contributed by atoms with Gasteiger partial charge in [0.15, 0.2) is 0 Å². The summed E-state index contributed by atoms with van der Waals surface area (Å²) < 4.78 is 14.8.